The SMILES string of the molecule is COc1cccc(Cn2cnc3cc(C)c(C)cc32)n1. The van der Waals surface area contributed by atoms with Crippen LogP contribution in [0.5, 0.6) is 5.88 Å². The van der Waals surface area contributed by atoms with Crippen LogP contribution in [-0.2, 0) is 6.54 Å². The molecule has 0 saturated heterocycles. The van der Waals surface area contributed by atoms with Gasteiger partial charge in [-0.1, -0.05) is 6.07 Å². The zero-order valence-electron chi connectivity index (χ0n) is 11.9. The highest BCUT2D eigenvalue weighted by atomic mass is 16.5. The quantitative estimate of drug-likeness (QED) is 0.732. The minimum Gasteiger partial charge on any atom is -0.481 e. The van der Waals surface area contributed by atoms with Gasteiger partial charge in [0.25, 0.3) is 0 Å². The van der Waals surface area contributed by atoms with Gasteiger partial charge in [0, 0.05) is 6.07 Å². The van der Waals surface area contributed by atoms with Gasteiger partial charge >= 0.3 is 0 Å². The number of benzene rings is 1. The molecular formula is C16H17N3O. The second-order valence-electron chi connectivity index (χ2n) is 4.97. The fraction of sp³-hybridized carbons (Fsp3) is 0.250. The molecule has 0 amide bonds. The predicted octanol–water partition coefficient (Wildman–Crippen LogP) is 3.11. The first-order valence-corrected chi connectivity index (χ1v) is 6.59. The molecule has 0 aliphatic heterocycles. The van der Waals surface area contributed by atoms with Gasteiger partial charge in [-0.3, -0.25) is 0 Å². The Morgan fingerprint density at radius 2 is 1.95 bits per heavy atom. The summed E-state index contributed by atoms with van der Waals surface area (Å²) in [6.45, 7) is 4.92. The second-order valence-corrected chi connectivity index (χ2v) is 4.97. The molecule has 102 valence electrons. The molecule has 0 unspecified atom stereocenters. The van der Waals surface area contributed by atoms with Crippen molar-refractivity contribution < 1.29 is 4.74 Å². The first-order chi connectivity index (χ1) is 9.67. The Bertz CT molecular complexity index is 762. The number of pyridine rings is 1. The maximum Gasteiger partial charge on any atom is 0.213 e. The Labute approximate surface area is 118 Å². The van der Waals surface area contributed by atoms with Crippen LogP contribution in [0.15, 0.2) is 36.7 Å². The summed E-state index contributed by atoms with van der Waals surface area (Å²) in [7, 11) is 1.63. The topological polar surface area (TPSA) is 39.9 Å². The van der Waals surface area contributed by atoms with E-state index in [0.717, 1.165) is 16.7 Å². The van der Waals surface area contributed by atoms with E-state index in [1.165, 1.54) is 11.1 Å². The van der Waals surface area contributed by atoms with Gasteiger partial charge in [-0.2, -0.15) is 0 Å². The lowest BCUT2D eigenvalue weighted by molar-refractivity contribution is 0.396. The van der Waals surface area contributed by atoms with Crippen molar-refractivity contribution in [3.63, 3.8) is 0 Å². The molecule has 0 atom stereocenters. The van der Waals surface area contributed by atoms with Crippen molar-refractivity contribution in [2.45, 2.75) is 20.4 Å². The lowest BCUT2D eigenvalue weighted by Gasteiger charge is -2.07. The Balaban J connectivity index is 2.00. The molecule has 3 rings (SSSR count). The summed E-state index contributed by atoms with van der Waals surface area (Å²) >= 11 is 0. The van der Waals surface area contributed by atoms with Gasteiger partial charge in [0.1, 0.15) is 0 Å². The summed E-state index contributed by atoms with van der Waals surface area (Å²) in [6, 6.07) is 10.1. The minimum atomic E-state index is 0.638. The van der Waals surface area contributed by atoms with Crippen LogP contribution in [0.3, 0.4) is 0 Å². The van der Waals surface area contributed by atoms with E-state index in [-0.39, 0.29) is 0 Å². The highest BCUT2D eigenvalue weighted by Crippen LogP contribution is 2.19. The van der Waals surface area contributed by atoms with Crippen molar-refractivity contribution in [3.8, 4) is 5.88 Å². The summed E-state index contributed by atoms with van der Waals surface area (Å²) in [4.78, 5) is 8.91. The summed E-state index contributed by atoms with van der Waals surface area (Å²) in [5.41, 5.74) is 5.66. The van der Waals surface area contributed by atoms with Gasteiger partial charge in [-0.05, 0) is 43.2 Å². The van der Waals surface area contributed by atoms with Gasteiger partial charge in [-0.25, -0.2) is 9.97 Å². The Hall–Kier alpha value is -2.36. The van der Waals surface area contributed by atoms with Crippen LogP contribution in [0.4, 0.5) is 0 Å². The molecule has 2 aromatic heterocycles. The average Bonchev–Trinajstić information content (AvgIpc) is 2.82. The molecule has 1 aromatic carbocycles. The largest absolute Gasteiger partial charge is 0.481 e. The standard InChI is InChI=1S/C16H17N3O/c1-11-7-14-15(8-12(11)2)19(10-17-14)9-13-5-4-6-16(18-13)20-3/h4-8,10H,9H2,1-3H3. The Morgan fingerprint density at radius 3 is 2.75 bits per heavy atom. The summed E-state index contributed by atoms with van der Waals surface area (Å²) in [6.07, 6.45) is 1.87. The van der Waals surface area contributed by atoms with Crippen molar-refractivity contribution in [2.75, 3.05) is 7.11 Å². The fourth-order valence-corrected chi connectivity index (χ4v) is 2.27. The average molecular weight is 267 g/mol. The number of ether oxygens (including phenoxy) is 1. The molecule has 0 radical (unpaired) electrons. The van der Waals surface area contributed by atoms with Crippen LogP contribution in [0.25, 0.3) is 11.0 Å². The first-order valence-electron chi connectivity index (χ1n) is 6.59. The van der Waals surface area contributed by atoms with Crippen molar-refractivity contribution >= 4 is 11.0 Å². The normalized spacial score (nSPS) is 10.9. The van der Waals surface area contributed by atoms with Crippen molar-refractivity contribution in [2.24, 2.45) is 0 Å². The number of methoxy groups -OCH3 is 1. The van der Waals surface area contributed by atoms with E-state index in [4.69, 9.17) is 4.74 Å². The molecule has 0 N–H and O–H groups in total. The molecule has 0 spiro atoms. The third-order valence-corrected chi connectivity index (χ3v) is 3.56. The second kappa shape index (κ2) is 4.96. The van der Waals surface area contributed by atoms with E-state index in [1.54, 1.807) is 7.11 Å². The third-order valence-electron chi connectivity index (χ3n) is 3.56. The smallest absolute Gasteiger partial charge is 0.213 e. The molecule has 4 heteroatoms. The summed E-state index contributed by atoms with van der Waals surface area (Å²) in [5, 5.41) is 0. The zero-order chi connectivity index (χ0) is 14.1. The number of aryl methyl sites for hydroxylation is 2. The van der Waals surface area contributed by atoms with Crippen LogP contribution in [-0.4, -0.2) is 21.6 Å². The maximum atomic E-state index is 5.16. The number of aromatic nitrogens is 3. The van der Waals surface area contributed by atoms with Crippen molar-refractivity contribution in [1.29, 1.82) is 0 Å². The molecule has 0 saturated carbocycles. The molecule has 0 aliphatic carbocycles. The molecular weight excluding hydrogens is 250 g/mol. The lowest BCUT2D eigenvalue weighted by Crippen LogP contribution is -2.01. The van der Waals surface area contributed by atoms with Gasteiger partial charge in [0.15, 0.2) is 0 Å². The number of hydrogen-bond donors (Lipinski definition) is 0. The molecule has 2 heterocycles. The van der Waals surface area contributed by atoms with E-state index >= 15 is 0 Å². The lowest BCUT2D eigenvalue weighted by atomic mass is 10.1. The predicted molar refractivity (Wildman–Crippen MR) is 79.1 cm³/mol. The molecule has 3 aromatic rings. The van der Waals surface area contributed by atoms with Gasteiger partial charge in [0.2, 0.25) is 5.88 Å². The van der Waals surface area contributed by atoms with E-state index in [9.17, 15) is 0 Å². The number of rotatable bonds is 3. The van der Waals surface area contributed by atoms with Crippen LogP contribution in [0.2, 0.25) is 0 Å². The van der Waals surface area contributed by atoms with Crippen LogP contribution < -0.4 is 4.74 Å². The van der Waals surface area contributed by atoms with Crippen molar-refractivity contribution in [1.82, 2.24) is 14.5 Å². The summed E-state index contributed by atoms with van der Waals surface area (Å²) < 4.78 is 7.27. The third kappa shape index (κ3) is 2.25. The molecule has 0 aliphatic rings. The van der Waals surface area contributed by atoms with Crippen LogP contribution in [0, 0.1) is 13.8 Å². The maximum absolute atomic E-state index is 5.16. The van der Waals surface area contributed by atoms with Crippen molar-refractivity contribution in [3.05, 3.63) is 53.5 Å². The molecule has 4 nitrogen and oxygen atoms in total. The van der Waals surface area contributed by atoms with Gasteiger partial charge < -0.3 is 9.30 Å². The van der Waals surface area contributed by atoms with E-state index in [1.807, 2.05) is 24.5 Å². The zero-order valence-corrected chi connectivity index (χ0v) is 11.9. The number of imidazole rings is 1. The van der Waals surface area contributed by atoms with E-state index < -0.39 is 0 Å². The Kier molecular flexibility index (Phi) is 3.14. The Morgan fingerprint density at radius 1 is 1.15 bits per heavy atom. The summed E-state index contributed by atoms with van der Waals surface area (Å²) in [5.74, 6) is 0.638. The number of hydrogen-bond acceptors (Lipinski definition) is 3. The van der Waals surface area contributed by atoms with Gasteiger partial charge in [0.05, 0.1) is 36.7 Å². The molecule has 20 heavy (non-hydrogen) atoms. The van der Waals surface area contributed by atoms with Gasteiger partial charge in [-0.15, -0.1) is 0 Å². The highest BCUT2D eigenvalue weighted by molar-refractivity contribution is 5.77. The van der Waals surface area contributed by atoms with E-state index in [2.05, 4.69) is 40.5 Å². The number of nitrogens with zero attached hydrogens (tertiary/aromatic N) is 3. The van der Waals surface area contributed by atoms with E-state index in [0.29, 0.717) is 12.4 Å². The first kappa shape index (κ1) is 12.7. The van der Waals surface area contributed by atoms with Crippen LogP contribution in [0.1, 0.15) is 16.8 Å². The van der Waals surface area contributed by atoms with Crippen LogP contribution >= 0.6 is 0 Å². The molecule has 0 fully saturated rings. The number of fused-ring (bicyclic) bond motifs is 1. The fourth-order valence-electron chi connectivity index (χ4n) is 2.27. The molecule has 0 bridgehead atoms. The monoisotopic (exact) mass is 267 g/mol. The highest BCUT2D eigenvalue weighted by Gasteiger charge is 2.06. The minimum absolute atomic E-state index is 0.638.